The van der Waals surface area contributed by atoms with Crippen LogP contribution < -0.4 is 5.32 Å². The lowest BCUT2D eigenvalue weighted by Crippen LogP contribution is -2.43. The maximum atomic E-state index is 11.9. The normalized spacial score (nSPS) is 17.4. The van der Waals surface area contributed by atoms with Crippen molar-refractivity contribution >= 4 is 15.9 Å². The van der Waals surface area contributed by atoms with Crippen LogP contribution in [0.1, 0.15) is 38.5 Å². The van der Waals surface area contributed by atoms with Crippen molar-refractivity contribution in [3.63, 3.8) is 0 Å². The summed E-state index contributed by atoms with van der Waals surface area (Å²) in [6.07, 6.45) is 6.54. The lowest BCUT2D eigenvalue weighted by atomic mass is 9.95. The largest absolute Gasteiger partial charge is 0.383 e. The SMILES string of the molecule is COCCNC(=O)CCN(C1CCCCC1)S(C)(=O)=O. The van der Waals surface area contributed by atoms with Gasteiger partial charge < -0.3 is 10.1 Å². The van der Waals surface area contributed by atoms with Gasteiger partial charge in [0.2, 0.25) is 15.9 Å². The summed E-state index contributed by atoms with van der Waals surface area (Å²) in [5, 5.41) is 2.71. The molecule has 0 aromatic carbocycles. The maximum absolute atomic E-state index is 11.9. The average Bonchev–Trinajstić information content (AvgIpc) is 2.39. The van der Waals surface area contributed by atoms with E-state index in [1.54, 1.807) is 7.11 Å². The highest BCUT2D eigenvalue weighted by molar-refractivity contribution is 7.88. The van der Waals surface area contributed by atoms with Crippen molar-refractivity contribution in [1.29, 1.82) is 0 Å². The van der Waals surface area contributed by atoms with Crippen LogP contribution in [0.3, 0.4) is 0 Å². The first kappa shape index (κ1) is 17.4. The molecule has 1 fully saturated rings. The van der Waals surface area contributed by atoms with Crippen LogP contribution in [0.2, 0.25) is 0 Å². The number of nitrogens with one attached hydrogen (secondary N) is 1. The molecule has 0 aromatic heterocycles. The molecule has 7 heteroatoms. The first-order chi connectivity index (χ1) is 9.45. The van der Waals surface area contributed by atoms with Crippen molar-refractivity contribution in [3.05, 3.63) is 0 Å². The average molecular weight is 306 g/mol. The van der Waals surface area contributed by atoms with Gasteiger partial charge in [0.15, 0.2) is 0 Å². The second-order valence-corrected chi connectivity index (χ2v) is 7.19. The van der Waals surface area contributed by atoms with Crippen LogP contribution in [0.15, 0.2) is 0 Å². The number of amides is 1. The minimum Gasteiger partial charge on any atom is -0.383 e. The number of methoxy groups -OCH3 is 1. The summed E-state index contributed by atoms with van der Waals surface area (Å²) in [5.74, 6) is -0.133. The van der Waals surface area contributed by atoms with Gasteiger partial charge in [-0.25, -0.2) is 8.42 Å². The van der Waals surface area contributed by atoms with Gasteiger partial charge in [-0.3, -0.25) is 4.79 Å². The first-order valence-electron chi connectivity index (χ1n) is 7.17. The summed E-state index contributed by atoms with van der Waals surface area (Å²) in [6, 6.07) is 0.0607. The Kier molecular flexibility index (Phi) is 7.47. The summed E-state index contributed by atoms with van der Waals surface area (Å²) >= 11 is 0. The highest BCUT2D eigenvalue weighted by Gasteiger charge is 2.28. The van der Waals surface area contributed by atoms with Crippen LogP contribution in [0.25, 0.3) is 0 Å². The highest BCUT2D eigenvalue weighted by atomic mass is 32.2. The van der Waals surface area contributed by atoms with Crippen molar-refractivity contribution in [2.45, 2.75) is 44.6 Å². The van der Waals surface area contributed by atoms with E-state index >= 15 is 0 Å². The van der Waals surface area contributed by atoms with Crippen LogP contribution in [-0.2, 0) is 19.6 Å². The first-order valence-corrected chi connectivity index (χ1v) is 9.02. The Morgan fingerprint density at radius 1 is 1.30 bits per heavy atom. The molecule has 20 heavy (non-hydrogen) atoms. The molecule has 0 radical (unpaired) electrons. The molecule has 1 aliphatic carbocycles. The number of rotatable bonds is 8. The van der Waals surface area contributed by atoms with Gasteiger partial charge >= 0.3 is 0 Å². The molecule has 0 aromatic rings. The van der Waals surface area contributed by atoms with Gasteiger partial charge in [0.1, 0.15) is 0 Å². The third-order valence-corrected chi connectivity index (χ3v) is 4.93. The van der Waals surface area contributed by atoms with E-state index in [1.807, 2.05) is 0 Å². The van der Waals surface area contributed by atoms with Crippen molar-refractivity contribution in [2.75, 3.05) is 33.1 Å². The third-order valence-electron chi connectivity index (χ3n) is 3.60. The van der Waals surface area contributed by atoms with E-state index in [0.29, 0.717) is 13.2 Å². The summed E-state index contributed by atoms with van der Waals surface area (Å²) < 4.78 is 30.1. The smallest absolute Gasteiger partial charge is 0.221 e. The fourth-order valence-electron chi connectivity index (χ4n) is 2.58. The molecule has 0 spiro atoms. The van der Waals surface area contributed by atoms with Crippen molar-refractivity contribution in [1.82, 2.24) is 9.62 Å². The molecule has 1 saturated carbocycles. The Balaban J connectivity index is 2.47. The fraction of sp³-hybridized carbons (Fsp3) is 0.923. The second kappa shape index (κ2) is 8.59. The second-order valence-electron chi connectivity index (χ2n) is 5.26. The minimum absolute atomic E-state index is 0.0607. The number of nitrogens with zero attached hydrogens (tertiary/aromatic N) is 1. The van der Waals surface area contributed by atoms with E-state index in [2.05, 4.69) is 5.32 Å². The molecule has 118 valence electrons. The third kappa shape index (κ3) is 6.19. The standard InChI is InChI=1S/C13H26N2O4S/c1-19-11-9-14-13(16)8-10-15(20(2,17)18)12-6-4-3-5-7-12/h12H,3-11H2,1-2H3,(H,14,16). The Hall–Kier alpha value is -0.660. The molecular formula is C13H26N2O4S. The molecule has 1 amide bonds. The fourth-order valence-corrected chi connectivity index (χ4v) is 3.76. The molecule has 6 nitrogen and oxygen atoms in total. The number of sulfonamides is 1. The number of carbonyl (C=O) groups is 1. The van der Waals surface area contributed by atoms with Gasteiger partial charge in [0.25, 0.3) is 0 Å². The molecule has 0 bridgehead atoms. The number of hydrogen-bond donors (Lipinski definition) is 1. The topological polar surface area (TPSA) is 75.7 Å². The highest BCUT2D eigenvalue weighted by Crippen LogP contribution is 2.24. The molecule has 1 rings (SSSR count). The van der Waals surface area contributed by atoms with Crippen molar-refractivity contribution in [2.24, 2.45) is 0 Å². The van der Waals surface area contributed by atoms with E-state index in [0.717, 1.165) is 25.7 Å². The lowest BCUT2D eigenvalue weighted by Gasteiger charge is -2.32. The Morgan fingerprint density at radius 3 is 2.50 bits per heavy atom. The Labute approximate surface area is 121 Å². The predicted octanol–water partition coefficient (Wildman–Crippen LogP) is 0.733. The van der Waals surface area contributed by atoms with Gasteiger partial charge in [-0.05, 0) is 12.8 Å². The van der Waals surface area contributed by atoms with Crippen molar-refractivity contribution in [3.8, 4) is 0 Å². The Bertz CT molecular complexity index is 391. The van der Waals surface area contributed by atoms with Gasteiger partial charge in [0, 0.05) is 32.7 Å². The number of hydrogen-bond acceptors (Lipinski definition) is 4. The van der Waals surface area contributed by atoms with Crippen LogP contribution in [0, 0.1) is 0 Å². The van der Waals surface area contributed by atoms with E-state index in [4.69, 9.17) is 4.74 Å². The lowest BCUT2D eigenvalue weighted by molar-refractivity contribution is -0.121. The van der Waals surface area contributed by atoms with E-state index in [1.165, 1.54) is 17.0 Å². The van der Waals surface area contributed by atoms with Crippen LogP contribution in [0.4, 0.5) is 0 Å². The summed E-state index contributed by atoms with van der Waals surface area (Å²) in [5.41, 5.74) is 0. The van der Waals surface area contributed by atoms with E-state index in [9.17, 15) is 13.2 Å². The molecule has 0 aliphatic heterocycles. The maximum Gasteiger partial charge on any atom is 0.221 e. The van der Waals surface area contributed by atoms with E-state index in [-0.39, 0.29) is 24.9 Å². The van der Waals surface area contributed by atoms with Gasteiger partial charge in [-0.2, -0.15) is 4.31 Å². The van der Waals surface area contributed by atoms with Crippen LogP contribution >= 0.6 is 0 Å². The minimum atomic E-state index is -3.26. The van der Waals surface area contributed by atoms with Gasteiger partial charge in [0.05, 0.1) is 12.9 Å². The molecule has 0 heterocycles. The zero-order valence-corrected chi connectivity index (χ0v) is 13.2. The van der Waals surface area contributed by atoms with E-state index < -0.39 is 10.0 Å². The molecule has 0 unspecified atom stereocenters. The number of carbonyl (C=O) groups excluding carboxylic acids is 1. The summed E-state index contributed by atoms with van der Waals surface area (Å²) in [4.78, 5) is 11.6. The summed E-state index contributed by atoms with van der Waals surface area (Å²) in [7, 11) is -1.69. The quantitative estimate of drug-likeness (QED) is 0.671. The molecular weight excluding hydrogens is 280 g/mol. The van der Waals surface area contributed by atoms with Gasteiger partial charge in [-0.1, -0.05) is 19.3 Å². The Morgan fingerprint density at radius 2 is 1.95 bits per heavy atom. The van der Waals surface area contributed by atoms with Crippen LogP contribution in [0.5, 0.6) is 0 Å². The zero-order valence-electron chi connectivity index (χ0n) is 12.4. The molecule has 1 N–H and O–H groups in total. The van der Waals surface area contributed by atoms with Crippen LogP contribution in [-0.4, -0.2) is 57.7 Å². The number of ether oxygens (including phenoxy) is 1. The molecule has 0 atom stereocenters. The van der Waals surface area contributed by atoms with Crippen molar-refractivity contribution < 1.29 is 17.9 Å². The van der Waals surface area contributed by atoms with Gasteiger partial charge in [-0.15, -0.1) is 0 Å². The zero-order chi connectivity index (χ0) is 15.0. The molecule has 0 saturated heterocycles. The molecule has 1 aliphatic rings. The monoisotopic (exact) mass is 306 g/mol. The predicted molar refractivity (Wildman–Crippen MR) is 77.9 cm³/mol. The summed E-state index contributed by atoms with van der Waals surface area (Å²) in [6.45, 7) is 1.18.